The first-order chi connectivity index (χ1) is 9.17. The second kappa shape index (κ2) is 5.10. The van der Waals surface area contributed by atoms with Gasteiger partial charge in [-0.2, -0.15) is 0 Å². The van der Waals surface area contributed by atoms with Crippen LogP contribution in [0.5, 0.6) is 0 Å². The molecule has 1 aromatic rings. The van der Waals surface area contributed by atoms with Crippen molar-refractivity contribution in [1.29, 1.82) is 0 Å². The molecule has 0 amide bonds. The minimum Gasteiger partial charge on any atom is -0.389 e. The Balaban J connectivity index is 1.74. The molecule has 0 radical (unpaired) electrons. The van der Waals surface area contributed by atoms with E-state index in [1.54, 1.807) is 12.1 Å². The number of anilines is 1. The van der Waals surface area contributed by atoms with Crippen LogP contribution in [0.25, 0.3) is 0 Å². The predicted octanol–water partition coefficient (Wildman–Crippen LogP) is 2.91. The number of hydrogen-bond acceptors (Lipinski definition) is 3. The fourth-order valence-corrected chi connectivity index (χ4v) is 3.32. The lowest BCUT2D eigenvalue weighted by Gasteiger charge is -2.47. The van der Waals surface area contributed by atoms with Crippen molar-refractivity contribution in [2.24, 2.45) is 5.92 Å². The van der Waals surface area contributed by atoms with Gasteiger partial charge in [-0.05, 0) is 37.1 Å². The summed E-state index contributed by atoms with van der Waals surface area (Å²) < 4.78 is 18.7. The molecule has 1 aliphatic heterocycles. The fraction of sp³-hybridized carbons (Fsp3) is 0.600. The van der Waals surface area contributed by atoms with Gasteiger partial charge in [0.05, 0.1) is 12.2 Å². The lowest BCUT2D eigenvalue weighted by molar-refractivity contribution is -0.160. The molecule has 1 saturated heterocycles. The Morgan fingerprint density at radius 1 is 1.21 bits per heavy atom. The summed E-state index contributed by atoms with van der Waals surface area (Å²) in [4.78, 5) is 0. The zero-order valence-electron chi connectivity index (χ0n) is 10.9. The van der Waals surface area contributed by atoms with E-state index < -0.39 is 5.60 Å². The molecule has 1 aliphatic carbocycles. The van der Waals surface area contributed by atoms with Crippen molar-refractivity contribution in [3.8, 4) is 0 Å². The van der Waals surface area contributed by atoms with Crippen LogP contribution < -0.4 is 5.32 Å². The molecular weight excluding hydrogens is 245 g/mol. The monoisotopic (exact) mass is 265 g/mol. The van der Waals surface area contributed by atoms with Crippen molar-refractivity contribution in [2.75, 3.05) is 11.9 Å². The lowest BCUT2D eigenvalue weighted by Crippen LogP contribution is -2.54. The molecule has 19 heavy (non-hydrogen) atoms. The van der Waals surface area contributed by atoms with Crippen LogP contribution in [0, 0.1) is 11.7 Å². The Labute approximate surface area is 112 Å². The summed E-state index contributed by atoms with van der Waals surface area (Å²) in [6.45, 7) is 0.575. The summed E-state index contributed by atoms with van der Waals surface area (Å²) in [5.74, 6) is -0.121. The van der Waals surface area contributed by atoms with E-state index in [1.807, 2.05) is 0 Å². The first-order valence-electron chi connectivity index (χ1n) is 7.03. The molecule has 1 aromatic carbocycles. The highest BCUT2D eigenvalue weighted by atomic mass is 19.1. The number of rotatable bonds is 2. The molecule has 4 heteroatoms. The van der Waals surface area contributed by atoms with Gasteiger partial charge in [0.1, 0.15) is 12.0 Å². The predicted molar refractivity (Wildman–Crippen MR) is 71.3 cm³/mol. The molecule has 1 saturated carbocycles. The number of hydrogen-bond donors (Lipinski definition) is 2. The van der Waals surface area contributed by atoms with Crippen LogP contribution in [0.3, 0.4) is 0 Å². The van der Waals surface area contributed by atoms with E-state index in [4.69, 9.17) is 4.74 Å². The maximum atomic E-state index is 12.9. The van der Waals surface area contributed by atoms with Gasteiger partial charge in [-0.3, -0.25) is 0 Å². The molecule has 0 bridgehead atoms. The summed E-state index contributed by atoms with van der Waals surface area (Å²) >= 11 is 0. The van der Waals surface area contributed by atoms with Crippen molar-refractivity contribution in [2.45, 2.75) is 43.9 Å². The highest BCUT2D eigenvalue weighted by Gasteiger charge is 2.46. The van der Waals surface area contributed by atoms with Crippen molar-refractivity contribution in [3.63, 3.8) is 0 Å². The molecule has 2 fully saturated rings. The molecule has 3 nitrogen and oxygen atoms in total. The highest BCUT2D eigenvalue weighted by molar-refractivity contribution is 5.43. The summed E-state index contributed by atoms with van der Waals surface area (Å²) in [6, 6.07) is 6.26. The van der Waals surface area contributed by atoms with Gasteiger partial charge < -0.3 is 15.2 Å². The summed E-state index contributed by atoms with van der Waals surface area (Å²) in [5.41, 5.74) is 0.245. The molecule has 2 N–H and O–H groups in total. The molecule has 1 heterocycles. The van der Waals surface area contributed by atoms with Gasteiger partial charge in [0.25, 0.3) is 0 Å². The molecule has 0 spiro atoms. The first kappa shape index (κ1) is 12.9. The van der Waals surface area contributed by atoms with Crippen LogP contribution in [0.1, 0.15) is 32.1 Å². The van der Waals surface area contributed by atoms with E-state index in [1.165, 1.54) is 12.1 Å². The van der Waals surface area contributed by atoms with Crippen molar-refractivity contribution < 1.29 is 14.2 Å². The molecule has 3 atom stereocenters. The van der Waals surface area contributed by atoms with E-state index in [0.717, 1.165) is 37.8 Å². The maximum absolute atomic E-state index is 12.9. The van der Waals surface area contributed by atoms with Crippen LogP contribution in [-0.2, 0) is 4.74 Å². The Kier molecular flexibility index (Phi) is 3.46. The number of nitrogens with one attached hydrogen (secondary N) is 1. The quantitative estimate of drug-likeness (QED) is 0.864. The van der Waals surface area contributed by atoms with Crippen molar-refractivity contribution >= 4 is 5.69 Å². The van der Waals surface area contributed by atoms with E-state index in [2.05, 4.69) is 5.32 Å². The summed E-state index contributed by atoms with van der Waals surface area (Å²) in [7, 11) is 0. The Hall–Kier alpha value is -1.13. The summed E-state index contributed by atoms with van der Waals surface area (Å²) in [5, 5.41) is 14.0. The maximum Gasteiger partial charge on any atom is 0.133 e. The van der Waals surface area contributed by atoms with Crippen molar-refractivity contribution in [1.82, 2.24) is 0 Å². The third kappa shape index (κ3) is 2.60. The van der Waals surface area contributed by atoms with Gasteiger partial charge >= 0.3 is 0 Å². The van der Waals surface area contributed by atoms with Gasteiger partial charge in [-0.15, -0.1) is 0 Å². The van der Waals surface area contributed by atoms with Crippen molar-refractivity contribution in [3.05, 3.63) is 30.1 Å². The van der Waals surface area contributed by atoms with Gasteiger partial charge in [0, 0.05) is 18.0 Å². The lowest BCUT2D eigenvalue weighted by atomic mass is 9.71. The number of ether oxygens (including phenoxy) is 1. The van der Waals surface area contributed by atoms with Gasteiger partial charge in [0.2, 0.25) is 0 Å². The first-order valence-corrected chi connectivity index (χ1v) is 7.03. The van der Waals surface area contributed by atoms with E-state index in [0.29, 0.717) is 6.61 Å². The topological polar surface area (TPSA) is 41.5 Å². The number of benzene rings is 1. The largest absolute Gasteiger partial charge is 0.389 e. The minimum atomic E-state index is -0.589. The van der Waals surface area contributed by atoms with E-state index >= 15 is 0 Å². The van der Waals surface area contributed by atoms with E-state index in [9.17, 15) is 9.50 Å². The number of aliphatic hydroxyl groups is 1. The minimum absolute atomic E-state index is 0.125. The SMILES string of the molecule is OC12CCCCC1C(Nc1ccc(F)cc1)OCC2. The van der Waals surface area contributed by atoms with Crippen LogP contribution in [-0.4, -0.2) is 23.5 Å². The molecule has 3 unspecified atom stereocenters. The van der Waals surface area contributed by atoms with Crippen LogP contribution in [0.4, 0.5) is 10.1 Å². The standard InChI is InChI=1S/C15H20FNO2/c16-11-4-6-12(7-5-11)17-14-13-3-1-2-8-15(13,18)9-10-19-14/h4-7,13-14,17-18H,1-3,8-10H2. The fourth-order valence-electron chi connectivity index (χ4n) is 3.32. The van der Waals surface area contributed by atoms with Crippen LogP contribution in [0.15, 0.2) is 24.3 Å². The smallest absolute Gasteiger partial charge is 0.133 e. The Morgan fingerprint density at radius 2 is 2.00 bits per heavy atom. The number of fused-ring (bicyclic) bond motifs is 1. The normalized spacial score (nSPS) is 34.6. The van der Waals surface area contributed by atoms with Crippen LogP contribution >= 0.6 is 0 Å². The van der Waals surface area contributed by atoms with Gasteiger partial charge in [-0.25, -0.2) is 4.39 Å². The van der Waals surface area contributed by atoms with Gasteiger partial charge in [-0.1, -0.05) is 12.8 Å². The average Bonchev–Trinajstić information content (AvgIpc) is 2.41. The second-order valence-electron chi connectivity index (χ2n) is 5.65. The average molecular weight is 265 g/mol. The molecule has 104 valence electrons. The van der Waals surface area contributed by atoms with Crippen LogP contribution in [0.2, 0.25) is 0 Å². The molecular formula is C15H20FNO2. The third-order valence-electron chi connectivity index (χ3n) is 4.42. The molecule has 3 rings (SSSR count). The Morgan fingerprint density at radius 3 is 2.79 bits per heavy atom. The Bertz CT molecular complexity index is 432. The van der Waals surface area contributed by atoms with Gasteiger partial charge in [0.15, 0.2) is 0 Å². The summed E-state index contributed by atoms with van der Waals surface area (Å²) in [6.07, 6.45) is 4.62. The second-order valence-corrected chi connectivity index (χ2v) is 5.65. The zero-order valence-corrected chi connectivity index (χ0v) is 10.9. The molecule has 2 aliphatic rings. The molecule has 0 aromatic heterocycles. The number of halogens is 1. The highest BCUT2D eigenvalue weighted by Crippen LogP contribution is 2.42. The van der Waals surface area contributed by atoms with E-state index in [-0.39, 0.29) is 18.0 Å². The zero-order chi connectivity index (χ0) is 13.3. The third-order valence-corrected chi connectivity index (χ3v) is 4.42.